The van der Waals surface area contributed by atoms with Crippen molar-refractivity contribution in [3.63, 3.8) is 0 Å². The van der Waals surface area contributed by atoms with Crippen molar-refractivity contribution in [2.24, 2.45) is 17.8 Å². The zero-order chi connectivity index (χ0) is 9.54. The average Bonchev–Trinajstić information content (AvgIpc) is 2.72. The Balaban J connectivity index is 1.79. The lowest BCUT2D eigenvalue weighted by Gasteiger charge is -2.06. The Kier molecular flexibility index (Phi) is 1.71. The van der Waals surface area contributed by atoms with Crippen LogP contribution in [0.25, 0.3) is 0 Å². The van der Waals surface area contributed by atoms with Crippen LogP contribution < -0.4 is 5.32 Å². The van der Waals surface area contributed by atoms with Gasteiger partial charge in [-0.15, -0.1) is 0 Å². The van der Waals surface area contributed by atoms with Crippen molar-refractivity contribution in [1.82, 2.24) is 5.32 Å². The van der Waals surface area contributed by atoms with Gasteiger partial charge in [-0.1, -0.05) is 30.3 Å². The first-order valence-corrected chi connectivity index (χ1v) is 5.22. The predicted octanol–water partition coefficient (Wildman–Crippen LogP) is 1.52. The monoisotopic (exact) mass is 186 g/mol. The van der Waals surface area contributed by atoms with Crippen LogP contribution in [-0.4, -0.2) is 18.8 Å². The van der Waals surface area contributed by atoms with Crippen molar-refractivity contribution in [1.29, 1.82) is 5.41 Å². The molecule has 1 saturated heterocycles. The van der Waals surface area contributed by atoms with E-state index in [-0.39, 0.29) is 0 Å². The maximum Gasteiger partial charge on any atom is 0.0423 e. The SMILES string of the molecule is N=C(c1ccccc1)C1C2CNCC21. The Morgan fingerprint density at radius 3 is 2.43 bits per heavy atom. The summed E-state index contributed by atoms with van der Waals surface area (Å²) in [5, 5.41) is 11.5. The van der Waals surface area contributed by atoms with Crippen molar-refractivity contribution in [3.8, 4) is 0 Å². The Hall–Kier alpha value is -1.15. The van der Waals surface area contributed by atoms with Crippen LogP contribution in [0.4, 0.5) is 0 Å². The molecule has 1 aromatic carbocycles. The second kappa shape index (κ2) is 2.92. The van der Waals surface area contributed by atoms with E-state index in [1.807, 2.05) is 30.3 Å². The number of rotatable bonds is 2. The van der Waals surface area contributed by atoms with Crippen molar-refractivity contribution in [2.45, 2.75) is 0 Å². The quantitative estimate of drug-likeness (QED) is 0.675. The molecule has 2 aliphatic rings. The Bertz CT molecular complexity index is 348. The summed E-state index contributed by atoms with van der Waals surface area (Å²) in [6, 6.07) is 10.1. The first kappa shape index (κ1) is 8.18. The summed E-state index contributed by atoms with van der Waals surface area (Å²) < 4.78 is 0. The minimum Gasteiger partial charge on any atom is -0.316 e. The van der Waals surface area contributed by atoms with E-state index in [2.05, 4.69) is 5.32 Å². The van der Waals surface area contributed by atoms with Crippen LogP contribution in [0.1, 0.15) is 5.56 Å². The number of fused-ring (bicyclic) bond motifs is 1. The van der Waals surface area contributed by atoms with Gasteiger partial charge in [-0.05, 0) is 30.5 Å². The van der Waals surface area contributed by atoms with Gasteiger partial charge >= 0.3 is 0 Å². The van der Waals surface area contributed by atoms with E-state index in [0.29, 0.717) is 5.92 Å². The minimum atomic E-state index is 0.540. The van der Waals surface area contributed by atoms with Gasteiger partial charge in [-0.25, -0.2) is 0 Å². The van der Waals surface area contributed by atoms with E-state index >= 15 is 0 Å². The molecule has 2 heteroatoms. The fourth-order valence-electron chi connectivity index (χ4n) is 2.66. The van der Waals surface area contributed by atoms with Gasteiger partial charge in [-0.2, -0.15) is 0 Å². The average molecular weight is 186 g/mol. The lowest BCUT2D eigenvalue weighted by atomic mass is 10.0. The minimum absolute atomic E-state index is 0.540. The van der Waals surface area contributed by atoms with Crippen LogP contribution in [0.2, 0.25) is 0 Å². The molecule has 1 aliphatic heterocycles. The Morgan fingerprint density at radius 2 is 1.79 bits per heavy atom. The van der Waals surface area contributed by atoms with Crippen molar-refractivity contribution in [2.75, 3.05) is 13.1 Å². The lowest BCUT2D eigenvalue weighted by Crippen LogP contribution is -2.18. The first-order chi connectivity index (χ1) is 6.88. The van der Waals surface area contributed by atoms with Crippen molar-refractivity contribution < 1.29 is 0 Å². The number of benzene rings is 1. The molecule has 3 rings (SSSR count). The van der Waals surface area contributed by atoms with Gasteiger partial charge in [0.25, 0.3) is 0 Å². The third-order valence-corrected chi connectivity index (χ3v) is 3.51. The molecule has 0 spiro atoms. The summed E-state index contributed by atoms with van der Waals surface area (Å²) in [4.78, 5) is 0. The summed E-state index contributed by atoms with van der Waals surface area (Å²) in [5.41, 5.74) is 1.95. The smallest absolute Gasteiger partial charge is 0.0423 e. The molecule has 2 atom stereocenters. The molecular formula is C12H14N2. The van der Waals surface area contributed by atoms with Gasteiger partial charge in [0.2, 0.25) is 0 Å². The highest BCUT2D eigenvalue weighted by atomic mass is 15.0. The highest BCUT2D eigenvalue weighted by Crippen LogP contribution is 2.50. The number of hydrogen-bond donors (Lipinski definition) is 2. The molecule has 72 valence electrons. The predicted molar refractivity (Wildman–Crippen MR) is 56.6 cm³/mol. The molecule has 0 bridgehead atoms. The molecule has 1 saturated carbocycles. The third kappa shape index (κ3) is 1.11. The van der Waals surface area contributed by atoms with Gasteiger partial charge in [0, 0.05) is 11.6 Å². The van der Waals surface area contributed by atoms with E-state index in [1.165, 1.54) is 0 Å². The van der Waals surface area contributed by atoms with Crippen LogP contribution in [-0.2, 0) is 0 Å². The van der Waals surface area contributed by atoms with Gasteiger partial charge in [0.05, 0.1) is 0 Å². The third-order valence-electron chi connectivity index (χ3n) is 3.51. The molecule has 1 aliphatic carbocycles. The number of piperidine rings is 1. The molecule has 0 amide bonds. The molecule has 2 unspecified atom stereocenters. The lowest BCUT2D eigenvalue weighted by molar-refractivity contribution is 0.684. The van der Waals surface area contributed by atoms with E-state index in [4.69, 9.17) is 5.41 Å². The van der Waals surface area contributed by atoms with Crippen LogP contribution in [0.5, 0.6) is 0 Å². The molecule has 2 fully saturated rings. The summed E-state index contributed by atoms with van der Waals surface area (Å²) in [6.07, 6.45) is 0. The van der Waals surface area contributed by atoms with Gasteiger partial charge in [0.1, 0.15) is 0 Å². The van der Waals surface area contributed by atoms with Crippen molar-refractivity contribution >= 4 is 5.71 Å². The number of hydrogen-bond acceptors (Lipinski definition) is 2. The molecule has 14 heavy (non-hydrogen) atoms. The summed E-state index contributed by atoms with van der Waals surface area (Å²) in [5.74, 6) is 2.05. The molecule has 1 heterocycles. The second-order valence-corrected chi connectivity index (χ2v) is 4.29. The first-order valence-electron chi connectivity index (χ1n) is 5.22. The van der Waals surface area contributed by atoms with E-state index < -0.39 is 0 Å². The van der Waals surface area contributed by atoms with E-state index in [9.17, 15) is 0 Å². The number of nitrogens with one attached hydrogen (secondary N) is 2. The summed E-state index contributed by atoms with van der Waals surface area (Å²) in [7, 11) is 0. The topological polar surface area (TPSA) is 35.9 Å². The van der Waals surface area contributed by atoms with Crippen LogP contribution in [0.15, 0.2) is 30.3 Å². The molecule has 1 aromatic rings. The van der Waals surface area contributed by atoms with E-state index in [1.54, 1.807) is 0 Å². The van der Waals surface area contributed by atoms with E-state index in [0.717, 1.165) is 36.2 Å². The standard InChI is InChI=1S/C12H14N2/c13-12(8-4-2-1-3-5-8)11-9-6-14-7-10(9)11/h1-5,9-11,13-14H,6-7H2. The summed E-state index contributed by atoms with van der Waals surface area (Å²) >= 11 is 0. The molecule has 0 aromatic heterocycles. The summed E-state index contributed by atoms with van der Waals surface area (Å²) in [6.45, 7) is 2.23. The Labute approximate surface area is 83.8 Å². The molecule has 0 radical (unpaired) electrons. The largest absolute Gasteiger partial charge is 0.316 e. The fourth-order valence-corrected chi connectivity index (χ4v) is 2.66. The van der Waals surface area contributed by atoms with Gasteiger partial charge in [0.15, 0.2) is 0 Å². The Morgan fingerprint density at radius 1 is 1.14 bits per heavy atom. The molecular weight excluding hydrogens is 172 g/mol. The molecule has 2 nitrogen and oxygen atoms in total. The van der Waals surface area contributed by atoms with Crippen LogP contribution in [0, 0.1) is 23.2 Å². The highest BCUT2D eigenvalue weighted by molar-refractivity contribution is 6.02. The second-order valence-electron chi connectivity index (χ2n) is 4.29. The van der Waals surface area contributed by atoms with Crippen molar-refractivity contribution in [3.05, 3.63) is 35.9 Å². The zero-order valence-corrected chi connectivity index (χ0v) is 8.03. The maximum atomic E-state index is 8.12. The molecule has 2 N–H and O–H groups in total. The van der Waals surface area contributed by atoms with Crippen LogP contribution in [0.3, 0.4) is 0 Å². The van der Waals surface area contributed by atoms with Crippen LogP contribution >= 0.6 is 0 Å². The normalized spacial score (nSPS) is 33.9. The highest BCUT2D eigenvalue weighted by Gasteiger charge is 2.54. The fraction of sp³-hybridized carbons (Fsp3) is 0.417. The van der Waals surface area contributed by atoms with Gasteiger partial charge < -0.3 is 10.7 Å². The van der Waals surface area contributed by atoms with Gasteiger partial charge in [-0.3, -0.25) is 0 Å². The maximum absolute atomic E-state index is 8.12. The zero-order valence-electron chi connectivity index (χ0n) is 8.03.